The molecule has 0 aromatic carbocycles. The van der Waals surface area contributed by atoms with Gasteiger partial charge in [0.1, 0.15) is 5.00 Å². The molecular formula is C12H16N2O3S. The summed E-state index contributed by atoms with van der Waals surface area (Å²) in [6, 6.07) is 1.59. The van der Waals surface area contributed by atoms with E-state index in [0.29, 0.717) is 10.6 Å². The minimum absolute atomic E-state index is 0.139. The molecule has 18 heavy (non-hydrogen) atoms. The zero-order valence-corrected chi connectivity index (χ0v) is 11.3. The molecule has 2 rings (SSSR count). The largest absolute Gasteiger partial charge is 0.465 e. The summed E-state index contributed by atoms with van der Waals surface area (Å²) < 4.78 is 4.70. The van der Waals surface area contributed by atoms with E-state index in [1.165, 1.54) is 18.4 Å². The molecule has 1 saturated heterocycles. The molecule has 1 aromatic rings. The fraction of sp³-hybridized carbons (Fsp3) is 0.500. The molecule has 0 radical (unpaired) electrons. The highest BCUT2D eigenvalue weighted by atomic mass is 32.1. The number of carbonyl (C=O) groups excluding carboxylic acids is 2. The van der Waals surface area contributed by atoms with Crippen molar-refractivity contribution < 1.29 is 14.3 Å². The van der Waals surface area contributed by atoms with Crippen LogP contribution in [0.3, 0.4) is 0 Å². The van der Waals surface area contributed by atoms with Crippen molar-refractivity contribution >= 4 is 28.3 Å². The van der Waals surface area contributed by atoms with Crippen LogP contribution in [0.1, 0.15) is 28.1 Å². The fourth-order valence-corrected chi connectivity index (χ4v) is 2.85. The maximum Gasteiger partial charge on any atom is 0.340 e. The lowest BCUT2D eigenvalue weighted by molar-refractivity contribution is 0.0602. The molecule has 0 spiro atoms. The molecule has 0 aliphatic carbocycles. The van der Waals surface area contributed by atoms with Gasteiger partial charge in [-0.05, 0) is 25.8 Å². The number of nitrogens with one attached hydrogen (secondary N) is 1. The second kappa shape index (κ2) is 5.39. The van der Waals surface area contributed by atoms with Gasteiger partial charge >= 0.3 is 12.0 Å². The normalized spacial score (nSPS) is 14.7. The Hall–Kier alpha value is -1.56. The van der Waals surface area contributed by atoms with Crippen LogP contribution in [0.4, 0.5) is 9.80 Å². The van der Waals surface area contributed by atoms with E-state index in [0.717, 1.165) is 30.8 Å². The minimum Gasteiger partial charge on any atom is -0.465 e. The number of hydrogen-bond acceptors (Lipinski definition) is 4. The first-order valence-electron chi connectivity index (χ1n) is 5.86. The van der Waals surface area contributed by atoms with Crippen LogP contribution in [0.15, 0.2) is 6.07 Å². The summed E-state index contributed by atoms with van der Waals surface area (Å²) in [6.07, 6.45) is 2.08. The van der Waals surface area contributed by atoms with E-state index >= 15 is 0 Å². The number of ether oxygens (including phenoxy) is 1. The number of urea groups is 1. The molecule has 1 aliphatic heterocycles. The van der Waals surface area contributed by atoms with Crippen molar-refractivity contribution in [3.63, 3.8) is 0 Å². The van der Waals surface area contributed by atoms with Gasteiger partial charge in [0.05, 0.1) is 12.7 Å². The number of carbonyl (C=O) groups is 2. The van der Waals surface area contributed by atoms with Gasteiger partial charge in [-0.1, -0.05) is 0 Å². The maximum atomic E-state index is 12.0. The number of anilines is 1. The molecule has 0 bridgehead atoms. The standard InChI is InChI=1S/C12H16N2O3S/c1-8-7-9(11(15)17-2)10(18-8)13-12(16)14-5-3-4-6-14/h7H,3-6H2,1-2H3,(H,13,16). The number of rotatable bonds is 2. The Bertz CT molecular complexity index is 464. The zero-order valence-electron chi connectivity index (χ0n) is 10.5. The number of methoxy groups -OCH3 is 1. The summed E-state index contributed by atoms with van der Waals surface area (Å²) in [5.41, 5.74) is 0.424. The second-order valence-corrected chi connectivity index (χ2v) is 5.47. The summed E-state index contributed by atoms with van der Waals surface area (Å²) >= 11 is 1.39. The lowest BCUT2D eigenvalue weighted by Gasteiger charge is -2.15. The summed E-state index contributed by atoms with van der Waals surface area (Å²) in [5, 5.41) is 3.36. The molecule has 1 aromatic heterocycles. The van der Waals surface area contributed by atoms with Crippen molar-refractivity contribution in [2.45, 2.75) is 19.8 Å². The topological polar surface area (TPSA) is 58.6 Å². The van der Waals surface area contributed by atoms with Crippen molar-refractivity contribution in [1.82, 2.24) is 4.90 Å². The van der Waals surface area contributed by atoms with Crippen molar-refractivity contribution in [1.29, 1.82) is 0 Å². The highest BCUT2D eigenvalue weighted by molar-refractivity contribution is 7.16. The van der Waals surface area contributed by atoms with Crippen molar-refractivity contribution in [2.24, 2.45) is 0 Å². The van der Waals surface area contributed by atoms with Gasteiger partial charge in [0.15, 0.2) is 0 Å². The Morgan fingerprint density at radius 1 is 1.39 bits per heavy atom. The summed E-state index contributed by atoms with van der Waals surface area (Å²) in [6.45, 7) is 3.45. The van der Waals surface area contributed by atoms with Gasteiger partial charge in [0.2, 0.25) is 0 Å². The van der Waals surface area contributed by atoms with Gasteiger partial charge in [-0.2, -0.15) is 0 Å². The number of esters is 1. The molecule has 1 N–H and O–H groups in total. The number of amides is 2. The predicted octanol–water partition coefficient (Wildman–Crippen LogP) is 2.47. The first-order valence-corrected chi connectivity index (χ1v) is 6.68. The van der Waals surface area contributed by atoms with E-state index in [4.69, 9.17) is 4.74 Å². The average molecular weight is 268 g/mol. The minimum atomic E-state index is -0.420. The molecular weight excluding hydrogens is 252 g/mol. The molecule has 6 heteroatoms. The van der Waals surface area contributed by atoms with Gasteiger partial charge in [0, 0.05) is 18.0 Å². The number of likely N-dealkylation sites (tertiary alicyclic amines) is 1. The smallest absolute Gasteiger partial charge is 0.340 e. The first-order chi connectivity index (χ1) is 8.61. The Balaban J connectivity index is 2.12. The van der Waals surface area contributed by atoms with Gasteiger partial charge in [-0.15, -0.1) is 11.3 Å². The third-order valence-electron chi connectivity index (χ3n) is 2.87. The van der Waals surface area contributed by atoms with E-state index in [2.05, 4.69) is 5.32 Å². The first kappa shape index (κ1) is 12.9. The Kier molecular flexibility index (Phi) is 3.86. The van der Waals surface area contributed by atoms with Crippen LogP contribution >= 0.6 is 11.3 Å². The van der Waals surface area contributed by atoms with Crippen LogP contribution in [0.2, 0.25) is 0 Å². The Labute approximate surface area is 110 Å². The lowest BCUT2D eigenvalue weighted by Crippen LogP contribution is -2.32. The SMILES string of the molecule is COC(=O)c1cc(C)sc1NC(=O)N1CCCC1. The van der Waals surface area contributed by atoms with Crippen LogP contribution in [-0.2, 0) is 4.74 Å². The second-order valence-electron chi connectivity index (χ2n) is 4.22. The average Bonchev–Trinajstić information content (AvgIpc) is 2.97. The molecule has 0 saturated carbocycles. The van der Waals surface area contributed by atoms with E-state index in [1.807, 2.05) is 6.92 Å². The number of nitrogens with zero attached hydrogens (tertiary/aromatic N) is 1. The van der Waals surface area contributed by atoms with E-state index in [-0.39, 0.29) is 6.03 Å². The predicted molar refractivity (Wildman–Crippen MR) is 70.2 cm³/mol. The summed E-state index contributed by atoms with van der Waals surface area (Å²) in [4.78, 5) is 26.3. The van der Waals surface area contributed by atoms with Gasteiger partial charge in [-0.3, -0.25) is 5.32 Å². The molecule has 98 valence electrons. The van der Waals surface area contributed by atoms with Crippen LogP contribution in [-0.4, -0.2) is 37.1 Å². The highest BCUT2D eigenvalue weighted by Crippen LogP contribution is 2.28. The Morgan fingerprint density at radius 2 is 2.06 bits per heavy atom. The maximum absolute atomic E-state index is 12.0. The molecule has 5 nitrogen and oxygen atoms in total. The Morgan fingerprint density at radius 3 is 2.67 bits per heavy atom. The van der Waals surface area contributed by atoms with Gasteiger partial charge < -0.3 is 9.64 Å². The van der Waals surface area contributed by atoms with E-state index in [1.54, 1.807) is 11.0 Å². The lowest BCUT2D eigenvalue weighted by atomic mass is 10.3. The monoisotopic (exact) mass is 268 g/mol. The van der Waals surface area contributed by atoms with Gasteiger partial charge in [0.25, 0.3) is 0 Å². The zero-order chi connectivity index (χ0) is 13.1. The van der Waals surface area contributed by atoms with Crippen LogP contribution < -0.4 is 5.32 Å². The quantitative estimate of drug-likeness (QED) is 0.838. The summed E-state index contributed by atoms with van der Waals surface area (Å²) in [7, 11) is 1.33. The fourth-order valence-electron chi connectivity index (χ4n) is 1.97. The molecule has 2 amide bonds. The van der Waals surface area contributed by atoms with Crippen LogP contribution in [0.5, 0.6) is 0 Å². The van der Waals surface area contributed by atoms with E-state index < -0.39 is 5.97 Å². The third-order valence-corrected chi connectivity index (χ3v) is 3.84. The number of hydrogen-bond donors (Lipinski definition) is 1. The van der Waals surface area contributed by atoms with E-state index in [9.17, 15) is 9.59 Å². The van der Waals surface area contributed by atoms with Crippen LogP contribution in [0.25, 0.3) is 0 Å². The van der Waals surface area contributed by atoms with Crippen LogP contribution in [0, 0.1) is 6.92 Å². The molecule has 2 heterocycles. The third kappa shape index (κ3) is 2.64. The summed E-state index contributed by atoms with van der Waals surface area (Å²) in [5.74, 6) is -0.420. The molecule has 0 atom stereocenters. The highest BCUT2D eigenvalue weighted by Gasteiger charge is 2.22. The van der Waals surface area contributed by atoms with Gasteiger partial charge in [-0.25, -0.2) is 9.59 Å². The van der Waals surface area contributed by atoms with Crippen molar-refractivity contribution in [3.05, 3.63) is 16.5 Å². The molecule has 0 unspecified atom stereocenters. The number of aryl methyl sites for hydroxylation is 1. The van der Waals surface area contributed by atoms with Crippen molar-refractivity contribution in [3.8, 4) is 0 Å². The van der Waals surface area contributed by atoms with Crippen molar-refractivity contribution in [2.75, 3.05) is 25.5 Å². The molecule has 1 aliphatic rings. The molecule has 1 fully saturated rings. The number of thiophene rings is 1.